The zero-order valence-corrected chi connectivity index (χ0v) is 8.94. The van der Waals surface area contributed by atoms with Gasteiger partial charge in [0.15, 0.2) is 0 Å². The molecule has 0 radical (unpaired) electrons. The van der Waals surface area contributed by atoms with Gasteiger partial charge in [-0.25, -0.2) is 0 Å². The molecule has 1 aliphatic rings. The highest BCUT2D eigenvalue weighted by molar-refractivity contribution is 5.88. The van der Waals surface area contributed by atoms with Crippen LogP contribution in [0.1, 0.15) is 17.9 Å². The first-order valence-corrected chi connectivity index (χ1v) is 5.59. The van der Waals surface area contributed by atoms with Crippen molar-refractivity contribution < 1.29 is 4.79 Å². The Bertz CT molecular complexity index is 542. The minimum absolute atomic E-state index is 0.165. The Labute approximate surface area is 94.3 Å². The Kier molecular flexibility index (Phi) is 2.13. The summed E-state index contributed by atoms with van der Waals surface area (Å²) >= 11 is 0. The number of fused-ring (bicyclic) bond motifs is 1. The second-order valence-corrected chi connectivity index (χ2v) is 4.27. The number of hydrogen-bond acceptors (Lipinski definition) is 1. The summed E-state index contributed by atoms with van der Waals surface area (Å²) in [5.74, 6) is 0.497. The zero-order chi connectivity index (χ0) is 11.0. The van der Waals surface area contributed by atoms with E-state index in [0.29, 0.717) is 12.3 Å². The van der Waals surface area contributed by atoms with E-state index in [-0.39, 0.29) is 5.91 Å². The SMILES string of the molecule is O=C1C[C@H](c2cccc3ccccc23)CN1. The molecule has 1 fully saturated rings. The molecule has 3 rings (SSSR count). The first-order valence-electron chi connectivity index (χ1n) is 5.59. The Morgan fingerprint density at radius 3 is 2.69 bits per heavy atom. The molecule has 1 N–H and O–H groups in total. The van der Waals surface area contributed by atoms with Gasteiger partial charge in [-0.2, -0.15) is 0 Å². The lowest BCUT2D eigenvalue weighted by atomic mass is 9.93. The fraction of sp³-hybridized carbons (Fsp3) is 0.214. The van der Waals surface area contributed by atoms with Crippen molar-refractivity contribution in [2.24, 2.45) is 0 Å². The Morgan fingerprint density at radius 2 is 1.88 bits per heavy atom. The van der Waals surface area contributed by atoms with E-state index in [2.05, 4.69) is 41.7 Å². The van der Waals surface area contributed by atoms with Crippen LogP contribution in [0.4, 0.5) is 0 Å². The molecular weight excluding hydrogens is 198 g/mol. The van der Waals surface area contributed by atoms with Gasteiger partial charge in [0.1, 0.15) is 0 Å². The maximum Gasteiger partial charge on any atom is 0.220 e. The third-order valence-electron chi connectivity index (χ3n) is 3.24. The predicted molar refractivity (Wildman–Crippen MR) is 64.3 cm³/mol. The predicted octanol–water partition coefficient (Wildman–Crippen LogP) is 2.44. The fourth-order valence-electron chi connectivity index (χ4n) is 2.43. The van der Waals surface area contributed by atoms with Crippen molar-refractivity contribution in [3.63, 3.8) is 0 Å². The first kappa shape index (κ1) is 9.40. The highest BCUT2D eigenvalue weighted by atomic mass is 16.1. The summed E-state index contributed by atoms with van der Waals surface area (Å²) in [7, 11) is 0. The van der Waals surface area contributed by atoms with E-state index >= 15 is 0 Å². The van der Waals surface area contributed by atoms with Crippen LogP contribution in [0.2, 0.25) is 0 Å². The molecule has 1 saturated heterocycles. The van der Waals surface area contributed by atoms with Crippen LogP contribution in [0.3, 0.4) is 0 Å². The second-order valence-electron chi connectivity index (χ2n) is 4.27. The van der Waals surface area contributed by atoms with E-state index in [0.717, 1.165) is 6.54 Å². The zero-order valence-electron chi connectivity index (χ0n) is 8.94. The molecule has 1 aliphatic heterocycles. The molecule has 1 atom stereocenters. The van der Waals surface area contributed by atoms with Crippen molar-refractivity contribution in [1.82, 2.24) is 5.32 Å². The van der Waals surface area contributed by atoms with Gasteiger partial charge in [0.2, 0.25) is 5.91 Å². The topological polar surface area (TPSA) is 29.1 Å². The minimum atomic E-state index is 0.165. The average molecular weight is 211 g/mol. The van der Waals surface area contributed by atoms with Crippen LogP contribution >= 0.6 is 0 Å². The average Bonchev–Trinajstić information content (AvgIpc) is 2.75. The van der Waals surface area contributed by atoms with E-state index in [1.807, 2.05) is 6.07 Å². The summed E-state index contributed by atoms with van der Waals surface area (Å²) in [4.78, 5) is 11.3. The standard InChI is InChI=1S/C14H13NO/c16-14-8-11(9-15-14)13-7-3-5-10-4-1-2-6-12(10)13/h1-7,11H,8-9H2,(H,15,16)/t11-/m0/s1. The molecule has 0 unspecified atom stereocenters. The molecule has 0 spiro atoms. The number of hydrogen-bond donors (Lipinski definition) is 1. The van der Waals surface area contributed by atoms with Gasteiger partial charge in [0.25, 0.3) is 0 Å². The quantitative estimate of drug-likeness (QED) is 0.771. The van der Waals surface area contributed by atoms with Crippen LogP contribution in [-0.2, 0) is 4.79 Å². The van der Waals surface area contributed by atoms with E-state index in [4.69, 9.17) is 0 Å². The number of nitrogens with one attached hydrogen (secondary N) is 1. The Balaban J connectivity index is 2.13. The van der Waals surface area contributed by atoms with Gasteiger partial charge in [-0.05, 0) is 16.3 Å². The lowest BCUT2D eigenvalue weighted by molar-refractivity contribution is -0.119. The third-order valence-corrected chi connectivity index (χ3v) is 3.24. The van der Waals surface area contributed by atoms with E-state index < -0.39 is 0 Å². The highest BCUT2D eigenvalue weighted by Crippen LogP contribution is 2.29. The molecular formula is C14H13NO. The van der Waals surface area contributed by atoms with Crippen molar-refractivity contribution in [3.8, 4) is 0 Å². The molecule has 1 heterocycles. The van der Waals surface area contributed by atoms with Crippen molar-refractivity contribution in [2.75, 3.05) is 6.54 Å². The molecule has 0 saturated carbocycles. The van der Waals surface area contributed by atoms with Crippen molar-refractivity contribution in [1.29, 1.82) is 0 Å². The van der Waals surface area contributed by atoms with Gasteiger partial charge in [-0.15, -0.1) is 0 Å². The molecule has 0 aromatic heterocycles. The van der Waals surface area contributed by atoms with Gasteiger partial charge < -0.3 is 5.32 Å². The van der Waals surface area contributed by atoms with Gasteiger partial charge in [0.05, 0.1) is 0 Å². The number of carbonyl (C=O) groups excluding carboxylic acids is 1. The lowest BCUT2D eigenvalue weighted by Gasteiger charge is -2.11. The van der Waals surface area contributed by atoms with Crippen molar-refractivity contribution in [3.05, 3.63) is 48.0 Å². The number of benzene rings is 2. The summed E-state index contributed by atoms with van der Waals surface area (Å²) in [6.45, 7) is 0.771. The van der Waals surface area contributed by atoms with Crippen LogP contribution in [0.5, 0.6) is 0 Å². The molecule has 80 valence electrons. The number of amides is 1. The monoisotopic (exact) mass is 211 g/mol. The van der Waals surface area contributed by atoms with Crippen molar-refractivity contribution >= 4 is 16.7 Å². The smallest absolute Gasteiger partial charge is 0.220 e. The maximum absolute atomic E-state index is 11.3. The molecule has 2 nitrogen and oxygen atoms in total. The van der Waals surface area contributed by atoms with Crippen LogP contribution < -0.4 is 5.32 Å². The van der Waals surface area contributed by atoms with Gasteiger partial charge in [-0.3, -0.25) is 4.79 Å². The van der Waals surface area contributed by atoms with E-state index in [1.54, 1.807) is 0 Å². The second kappa shape index (κ2) is 3.63. The lowest BCUT2D eigenvalue weighted by Crippen LogP contribution is -2.13. The third kappa shape index (κ3) is 1.47. The molecule has 2 heteroatoms. The Hall–Kier alpha value is -1.83. The summed E-state index contributed by atoms with van der Waals surface area (Å²) in [5, 5.41) is 5.41. The van der Waals surface area contributed by atoms with E-state index in [1.165, 1.54) is 16.3 Å². The maximum atomic E-state index is 11.3. The normalized spacial score (nSPS) is 20.0. The number of rotatable bonds is 1. The van der Waals surface area contributed by atoms with Crippen LogP contribution in [0.15, 0.2) is 42.5 Å². The van der Waals surface area contributed by atoms with Gasteiger partial charge >= 0.3 is 0 Å². The minimum Gasteiger partial charge on any atom is -0.355 e. The fourth-order valence-corrected chi connectivity index (χ4v) is 2.43. The van der Waals surface area contributed by atoms with Crippen LogP contribution in [0, 0.1) is 0 Å². The van der Waals surface area contributed by atoms with Crippen molar-refractivity contribution in [2.45, 2.75) is 12.3 Å². The van der Waals surface area contributed by atoms with Gasteiger partial charge in [0, 0.05) is 18.9 Å². The first-order chi connectivity index (χ1) is 7.84. The largest absolute Gasteiger partial charge is 0.355 e. The van der Waals surface area contributed by atoms with Crippen LogP contribution in [-0.4, -0.2) is 12.5 Å². The molecule has 1 amide bonds. The van der Waals surface area contributed by atoms with E-state index in [9.17, 15) is 4.79 Å². The molecule has 0 bridgehead atoms. The molecule has 2 aromatic rings. The Morgan fingerprint density at radius 1 is 1.06 bits per heavy atom. The summed E-state index contributed by atoms with van der Waals surface area (Å²) < 4.78 is 0. The molecule has 0 aliphatic carbocycles. The van der Waals surface area contributed by atoms with Crippen LogP contribution in [0.25, 0.3) is 10.8 Å². The summed E-state index contributed by atoms with van der Waals surface area (Å²) in [5.41, 5.74) is 1.29. The summed E-state index contributed by atoms with van der Waals surface area (Å²) in [6, 6.07) is 14.7. The molecule has 2 aromatic carbocycles. The van der Waals surface area contributed by atoms with Gasteiger partial charge in [-0.1, -0.05) is 42.5 Å². The highest BCUT2D eigenvalue weighted by Gasteiger charge is 2.23. The molecule has 16 heavy (non-hydrogen) atoms. The number of carbonyl (C=O) groups is 1. The summed E-state index contributed by atoms with van der Waals surface area (Å²) in [6.07, 6.45) is 0.619.